The van der Waals surface area contributed by atoms with Crippen molar-refractivity contribution >= 4 is 0 Å². The van der Waals surface area contributed by atoms with Crippen molar-refractivity contribution in [2.45, 2.75) is 52.2 Å². The first-order chi connectivity index (χ1) is 5.06. The molecule has 0 aliphatic rings. The molecule has 0 aromatic heterocycles. The summed E-state index contributed by atoms with van der Waals surface area (Å²) in [5, 5.41) is 9.26. The average Bonchev–Trinajstić information content (AvgIpc) is 1.85. The first-order valence-corrected chi connectivity index (χ1v) is 4.49. The second-order valence-corrected chi connectivity index (χ2v) is 3.69. The van der Waals surface area contributed by atoms with Crippen LogP contribution in [0.5, 0.6) is 0 Å². The highest BCUT2D eigenvalue weighted by Crippen LogP contribution is 2.08. The SMILES string of the molecule is CC[C@@H](O)C[C@H](N)CC(C)C. The Hall–Kier alpha value is -0.0800. The van der Waals surface area contributed by atoms with Crippen molar-refractivity contribution in [3.63, 3.8) is 0 Å². The molecule has 0 amide bonds. The normalized spacial score (nSPS) is 16.9. The van der Waals surface area contributed by atoms with Gasteiger partial charge in [0.05, 0.1) is 6.10 Å². The highest BCUT2D eigenvalue weighted by Gasteiger charge is 2.09. The summed E-state index contributed by atoms with van der Waals surface area (Å²) in [6.07, 6.45) is 2.36. The molecule has 3 N–H and O–H groups in total. The van der Waals surface area contributed by atoms with Gasteiger partial charge in [-0.3, -0.25) is 0 Å². The van der Waals surface area contributed by atoms with E-state index in [2.05, 4.69) is 13.8 Å². The molecular weight excluding hydrogens is 138 g/mol. The fraction of sp³-hybridized carbons (Fsp3) is 1.00. The molecule has 0 saturated heterocycles. The van der Waals surface area contributed by atoms with E-state index in [1.165, 1.54) is 0 Å². The molecule has 0 unspecified atom stereocenters. The lowest BCUT2D eigenvalue weighted by Gasteiger charge is -2.16. The Kier molecular flexibility index (Phi) is 5.51. The maximum absolute atomic E-state index is 9.26. The van der Waals surface area contributed by atoms with E-state index in [0.717, 1.165) is 19.3 Å². The summed E-state index contributed by atoms with van der Waals surface area (Å²) in [6.45, 7) is 6.28. The van der Waals surface area contributed by atoms with Crippen LogP contribution in [0.4, 0.5) is 0 Å². The van der Waals surface area contributed by atoms with E-state index in [1.807, 2.05) is 6.92 Å². The van der Waals surface area contributed by atoms with Gasteiger partial charge >= 0.3 is 0 Å². The van der Waals surface area contributed by atoms with Gasteiger partial charge in [-0.2, -0.15) is 0 Å². The van der Waals surface area contributed by atoms with Crippen molar-refractivity contribution in [1.82, 2.24) is 0 Å². The Bertz CT molecular complexity index is 93.6. The molecule has 0 aliphatic heterocycles. The van der Waals surface area contributed by atoms with Crippen LogP contribution in [-0.4, -0.2) is 17.3 Å². The van der Waals surface area contributed by atoms with Crippen LogP contribution in [0.25, 0.3) is 0 Å². The molecule has 2 atom stereocenters. The van der Waals surface area contributed by atoms with E-state index in [0.29, 0.717) is 5.92 Å². The van der Waals surface area contributed by atoms with Crippen LogP contribution in [-0.2, 0) is 0 Å². The standard InChI is InChI=1S/C9H21NO/c1-4-9(11)6-8(10)5-7(2)3/h7-9,11H,4-6,10H2,1-3H3/t8-,9-/m1/s1. The minimum atomic E-state index is -0.205. The summed E-state index contributed by atoms with van der Waals surface area (Å²) in [5.74, 6) is 0.633. The minimum absolute atomic E-state index is 0.171. The third-order valence-electron chi connectivity index (χ3n) is 1.82. The molecule has 0 aromatic rings. The maximum Gasteiger partial charge on any atom is 0.0552 e. The van der Waals surface area contributed by atoms with Crippen LogP contribution < -0.4 is 5.73 Å². The van der Waals surface area contributed by atoms with E-state index in [1.54, 1.807) is 0 Å². The number of hydrogen-bond acceptors (Lipinski definition) is 2. The molecule has 0 radical (unpaired) electrons. The van der Waals surface area contributed by atoms with Crippen LogP contribution in [0.3, 0.4) is 0 Å². The van der Waals surface area contributed by atoms with E-state index in [4.69, 9.17) is 5.73 Å². The van der Waals surface area contributed by atoms with Crippen LogP contribution >= 0.6 is 0 Å². The molecule has 0 heterocycles. The highest BCUT2D eigenvalue weighted by atomic mass is 16.3. The van der Waals surface area contributed by atoms with Gasteiger partial charge in [0.2, 0.25) is 0 Å². The molecule has 0 bridgehead atoms. The number of aliphatic hydroxyl groups excluding tert-OH is 1. The number of aliphatic hydroxyl groups is 1. The lowest BCUT2D eigenvalue weighted by molar-refractivity contribution is 0.148. The largest absolute Gasteiger partial charge is 0.393 e. The van der Waals surface area contributed by atoms with Crippen LogP contribution in [0, 0.1) is 5.92 Å². The Morgan fingerprint density at radius 2 is 1.82 bits per heavy atom. The maximum atomic E-state index is 9.26. The Morgan fingerprint density at radius 1 is 1.27 bits per heavy atom. The van der Waals surface area contributed by atoms with Crippen molar-refractivity contribution in [2.75, 3.05) is 0 Å². The van der Waals surface area contributed by atoms with Crippen molar-refractivity contribution in [2.24, 2.45) is 11.7 Å². The predicted octanol–water partition coefficient (Wildman–Crippen LogP) is 1.52. The molecule has 2 heteroatoms. The summed E-state index contributed by atoms with van der Waals surface area (Å²) in [5.41, 5.74) is 5.79. The first-order valence-electron chi connectivity index (χ1n) is 4.49. The van der Waals surface area contributed by atoms with Gasteiger partial charge in [0.25, 0.3) is 0 Å². The molecular formula is C9H21NO. The Morgan fingerprint density at radius 3 is 2.18 bits per heavy atom. The van der Waals surface area contributed by atoms with Crippen molar-refractivity contribution < 1.29 is 5.11 Å². The fourth-order valence-electron chi connectivity index (χ4n) is 1.22. The molecule has 0 spiro atoms. The number of hydrogen-bond donors (Lipinski definition) is 2. The van der Waals surface area contributed by atoms with Gasteiger partial charge in [0.1, 0.15) is 0 Å². The third kappa shape index (κ3) is 6.32. The second-order valence-electron chi connectivity index (χ2n) is 3.69. The number of nitrogens with two attached hydrogens (primary N) is 1. The smallest absolute Gasteiger partial charge is 0.0552 e. The zero-order valence-corrected chi connectivity index (χ0v) is 7.88. The summed E-state index contributed by atoms with van der Waals surface area (Å²) in [4.78, 5) is 0. The molecule has 0 saturated carbocycles. The lowest BCUT2D eigenvalue weighted by atomic mass is 9.99. The molecule has 0 rings (SSSR count). The molecule has 0 aromatic carbocycles. The quantitative estimate of drug-likeness (QED) is 0.639. The Balaban J connectivity index is 3.43. The zero-order chi connectivity index (χ0) is 8.85. The fourth-order valence-corrected chi connectivity index (χ4v) is 1.22. The molecule has 11 heavy (non-hydrogen) atoms. The topological polar surface area (TPSA) is 46.2 Å². The minimum Gasteiger partial charge on any atom is -0.393 e. The summed E-state index contributed by atoms with van der Waals surface area (Å²) >= 11 is 0. The average molecular weight is 159 g/mol. The highest BCUT2D eigenvalue weighted by molar-refractivity contribution is 4.67. The molecule has 68 valence electrons. The van der Waals surface area contributed by atoms with E-state index in [9.17, 15) is 5.11 Å². The molecule has 2 nitrogen and oxygen atoms in total. The Labute approximate surface area is 69.8 Å². The van der Waals surface area contributed by atoms with Crippen molar-refractivity contribution in [3.8, 4) is 0 Å². The molecule has 0 aliphatic carbocycles. The van der Waals surface area contributed by atoms with Crippen LogP contribution in [0.1, 0.15) is 40.0 Å². The summed E-state index contributed by atoms with van der Waals surface area (Å²) in [6, 6.07) is 0.171. The van der Waals surface area contributed by atoms with Gasteiger partial charge in [-0.1, -0.05) is 20.8 Å². The first kappa shape index (κ1) is 10.9. The third-order valence-corrected chi connectivity index (χ3v) is 1.82. The van der Waals surface area contributed by atoms with Gasteiger partial charge in [0, 0.05) is 6.04 Å². The zero-order valence-electron chi connectivity index (χ0n) is 7.88. The van der Waals surface area contributed by atoms with Gasteiger partial charge in [-0.05, 0) is 25.2 Å². The van der Waals surface area contributed by atoms with Crippen LogP contribution in [0.15, 0.2) is 0 Å². The van der Waals surface area contributed by atoms with Gasteiger partial charge in [-0.25, -0.2) is 0 Å². The number of rotatable bonds is 5. The second kappa shape index (κ2) is 5.56. The summed E-state index contributed by atoms with van der Waals surface area (Å²) < 4.78 is 0. The van der Waals surface area contributed by atoms with Gasteiger partial charge in [-0.15, -0.1) is 0 Å². The van der Waals surface area contributed by atoms with Crippen molar-refractivity contribution in [1.29, 1.82) is 0 Å². The van der Waals surface area contributed by atoms with Crippen LogP contribution in [0.2, 0.25) is 0 Å². The van der Waals surface area contributed by atoms with E-state index in [-0.39, 0.29) is 12.1 Å². The van der Waals surface area contributed by atoms with Gasteiger partial charge < -0.3 is 10.8 Å². The monoisotopic (exact) mass is 159 g/mol. The molecule has 0 fully saturated rings. The predicted molar refractivity (Wildman–Crippen MR) is 48.3 cm³/mol. The summed E-state index contributed by atoms with van der Waals surface area (Å²) in [7, 11) is 0. The van der Waals surface area contributed by atoms with Crippen molar-refractivity contribution in [3.05, 3.63) is 0 Å². The van der Waals surface area contributed by atoms with E-state index >= 15 is 0 Å². The lowest BCUT2D eigenvalue weighted by Crippen LogP contribution is -2.27. The van der Waals surface area contributed by atoms with E-state index < -0.39 is 0 Å². The van der Waals surface area contributed by atoms with Gasteiger partial charge in [0.15, 0.2) is 0 Å².